The summed E-state index contributed by atoms with van der Waals surface area (Å²) >= 11 is 1.89. The number of esters is 1. The van der Waals surface area contributed by atoms with E-state index in [1.165, 1.54) is 13.2 Å². The molecule has 3 amide bonds. The molecule has 2 saturated heterocycles. The fourth-order valence-electron chi connectivity index (χ4n) is 4.42. The standard InChI is InChI=1S/C25H35N3O7S/c1-34-19-13-16(14-22(30)31)10-11-18(19)35-23(32)9-3-2-6-12-26-21(29)8-5-4-7-20-24-17(15-36-20)27-25(33)28-24/h10-11,13,17,20,24H,2-9,12,14-15H2,1H3,(H,26,29)(H,30,31)(H2,27,28,33)/t17-,20-,24-/m0/s1. The Morgan fingerprint density at radius 1 is 1.08 bits per heavy atom. The number of aliphatic carboxylic acids is 1. The molecule has 11 heteroatoms. The number of amides is 3. The molecule has 0 bridgehead atoms. The van der Waals surface area contributed by atoms with Crippen molar-refractivity contribution in [1.29, 1.82) is 0 Å². The number of carbonyl (C=O) groups excluding carboxylic acids is 3. The Morgan fingerprint density at radius 3 is 2.67 bits per heavy atom. The summed E-state index contributed by atoms with van der Waals surface area (Å²) in [5.41, 5.74) is 0.559. The van der Waals surface area contributed by atoms with Crippen LogP contribution >= 0.6 is 11.8 Å². The van der Waals surface area contributed by atoms with Crippen LogP contribution in [0.2, 0.25) is 0 Å². The third-order valence-electron chi connectivity index (χ3n) is 6.27. The minimum absolute atomic E-state index is 0.0423. The maximum Gasteiger partial charge on any atom is 0.315 e. The van der Waals surface area contributed by atoms with Gasteiger partial charge in [-0.3, -0.25) is 14.4 Å². The second-order valence-electron chi connectivity index (χ2n) is 9.06. The topological polar surface area (TPSA) is 143 Å². The number of carboxylic acid groups (broad SMARTS) is 1. The molecule has 2 heterocycles. The molecule has 4 N–H and O–H groups in total. The molecule has 0 spiro atoms. The van der Waals surface area contributed by atoms with Gasteiger partial charge in [0.15, 0.2) is 11.5 Å². The molecule has 2 aliphatic heterocycles. The number of hydrogen-bond acceptors (Lipinski definition) is 7. The van der Waals surface area contributed by atoms with Crippen molar-refractivity contribution in [2.24, 2.45) is 0 Å². The van der Waals surface area contributed by atoms with E-state index in [0.717, 1.165) is 37.9 Å². The zero-order chi connectivity index (χ0) is 25.9. The van der Waals surface area contributed by atoms with Crippen LogP contribution in [0.1, 0.15) is 56.9 Å². The summed E-state index contributed by atoms with van der Waals surface area (Å²) < 4.78 is 10.6. The molecule has 1 aromatic rings. The van der Waals surface area contributed by atoms with Crippen LogP contribution in [0.5, 0.6) is 11.5 Å². The number of unbranched alkanes of at least 4 members (excludes halogenated alkanes) is 3. The van der Waals surface area contributed by atoms with Crippen LogP contribution in [0.25, 0.3) is 0 Å². The predicted octanol–water partition coefficient (Wildman–Crippen LogP) is 2.63. The molecule has 198 valence electrons. The highest BCUT2D eigenvalue weighted by atomic mass is 32.2. The van der Waals surface area contributed by atoms with Crippen molar-refractivity contribution in [1.82, 2.24) is 16.0 Å². The highest BCUT2D eigenvalue weighted by molar-refractivity contribution is 8.00. The van der Waals surface area contributed by atoms with Crippen LogP contribution in [0.15, 0.2) is 18.2 Å². The number of rotatable bonds is 15. The third-order valence-corrected chi connectivity index (χ3v) is 7.78. The molecule has 2 fully saturated rings. The number of carboxylic acids is 1. The molecule has 36 heavy (non-hydrogen) atoms. The van der Waals surface area contributed by atoms with Crippen molar-refractivity contribution in [3.05, 3.63) is 23.8 Å². The number of thioether (sulfide) groups is 1. The van der Waals surface area contributed by atoms with E-state index in [9.17, 15) is 19.2 Å². The van der Waals surface area contributed by atoms with Gasteiger partial charge in [-0.05, 0) is 43.4 Å². The van der Waals surface area contributed by atoms with Gasteiger partial charge in [0.25, 0.3) is 0 Å². The molecule has 3 atom stereocenters. The molecular formula is C25H35N3O7S. The average molecular weight is 522 g/mol. The molecule has 1 aromatic carbocycles. The SMILES string of the molecule is COc1cc(CC(=O)O)ccc1OC(=O)CCCCCNC(=O)CCCC[C@@H]1SC[C@@H]2NC(=O)N[C@@H]21. The van der Waals surface area contributed by atoms with Crippen LogP contribution in [-0.2, 0) is 20.8 Å². The van der Waals surface area contributed by atoms with Gasteiger partial charge in [0.05, 0.1) is 25.6 Å². The molecule has 10 nitrogen and oxygen atoms in total. The van der Waals surface area contributed by atoms with Gasteiger partial charge in [0.2, 0.25) is 5.91 Å². The van der Waals surface area contributed by atoms with E-state index >= 15 is 0 Å². The Hall–Kier alpha value is -2.95. The van der Waals surface area contributed by atoms with Gasteiger partial charge in [-0.2, -0.15) is 11.8 Å². The summed E-state index contributed by atoms with van der Waals surface area (Å²) in [6, 6.07) is 5.05. The molecule has 0 unspecified atom stereocenters. The number of urea groups is 1. The Balaban J connectivity index is 1.20. The summed E-state index contributed by atoms with van der Waals surface area (Å²) in [7, 11) is 1.43. The van der Waals surface area contributed by atoms with E-state index in [1.54, 1.807) is 12.1 Å². The van der Waals surface area contributed by atoms with Crippen molar-refractivity contribution in [3.8, 4) is 11.5 Å². The number of fused-ring (bicyclic) bond motifs is 1. The first-order valence-corrected chi connectivity index (χ1v) is 13.5. The van der Waals surface area contributed by atoms with Crippen LogP contribution in [-0.4, -0.2) is 65.7 Å². The smallest absolute Gasteiger partial charge is 0.315 e. The lowest BCUT2D eigenvalue weighted by molar-refractivity contribution is -0.136. The fraction of sp³-hybridized carbons (Fsp3) is 0.600. The molecule has 3 rings (SSSR count). The Labute approximate surface area is 215 Å². The van der Waals surface area contributed by atoms with E-state index in [4.69, 9.17) is 14.6 Å². The summed E-state index contributed by atoms with van der Waals surface area (Å²) in [6.07, 6.45) is 5.58. The maximum atomic E-state index is 12.1. The summed E-state index contributed by atoms with van der Waals surface area (Å²) in [4.78, 5) is 46.5. The monoisotopic (exact) mass is 521 g/mol. The van der Waals surface area contributed by atoms with E-state index < -0.39 is 5.97 Å². The van der Waals surface area contributed by atoms with Crippen molar-refractivity contribution in [3.63, 3.8) is 0 Å². The molecule has 2 aliphatic rings. The first-order valence-electron chi connectivity index (χ1n) is 12.4. The van der Waals surface area contributed by atoms with Crippen molar-refractivity contribution in [2.75, 3.05) is 19.4 Å². The number of methoxy groups -OCH3 is 1. The van der Waals surface area contributed by atoms with E-state index in [0.29, 0.717) is 35.9 Å². The fourth-order valence-corrected chi connectivity index (χ4v) is 5.96. The first-order chi connectivity index (χ1) is 17.4. The minimum atomic E-state index is -0.950. The quantitative estimate of drug-likeness (QED) is 0.119. The zero-order valence-corrected chi connectivity index (χ0v) is 21.4. The Bertz CT molecular complexity index is 942. The summed E-state index contributed by atoms with van der Waals surface area (Å²) in [5.74, 6) is 0.234. The van der Waals surface area contributed by atoms with Gasteiger partial charge in [-0.25, -0.2) is 4.79 Å². The predicted molar refractivity (Wildman–Crippen MR) is 135 cm³/mol. The third kappa shape index (κ3) is 8.61. The van der Waals surface area contributed by atoms with Crippen LogP contribution in [0.3, 0.4) is 0 Å². The number of nitrogens with one attached hydrogen (secondary N) is 3. The second kappa shape index (κ2) is 14.0. The number of ether oxygens (including phenoxy) is 2. The highest BCUT2D eigenvalue weighted by Gasteiger charge is 2.42. The number of carbonyl (C=O) groups is 4. The largest absolute Gasteiger partial charge is 0.493 e. The lowest BCUT2D eigenvalue weighted by atomic mass is 10.0. The van der Waals surface area contributed by atoms with Crippen molar-refractivity contribution >= 4 is 35.6 Å². The molecule has 0 radical (unpaired) electrons. The normalized spacial score (nSPS) is 20.2. The van der Waals surface area contributed by atoms with E-state index in [2.05, 4.69) is 16.0 Å². The first kappa shape index (κ1) is 27.6. The van der Waals surface area contributed by atoms with Gasteiger partial charge >= 0.3 is 18.0 Å². The minimum Gasteiger partial charge on any atom is -0.493 e. The highest BCUT2D eigenvalue weighted by Crippen LogP contribution is 2.33. The average Bonchev–Trinajstić information content (AvgIpc) is 3.38. The number of hydrogen-bond donors (Lipinski definition) is 4. The Kier molecular flexibility index (Phi) is 10.7. The lowest BCUT2D eigenvalue weighted by Gasteiger charge is -2.16. The van der Waals surface area contributed by atoms with Gasteiger partial charge in [0.1, 0.15) is 0 Å². The van der Waals surface area contributed by atoms with E-state index in [-0.39, 0.29) is 48.6 Å². The summed E-state index contributed by atoms with van der Waals surface area (Å²) in [6.45, 7) is 0.576. The molecule has 0 saturated carbocycles. The zero-order valence-electron chi connectivity index (χ0n) is 20.5. The van der Waals surface area contributed by atoms with Crippen LogP contribution in [0, 0.1) is 0 Å². The molecule has 0 aliphatic carbocycles. The van der Waals surface area contributed by atoms with Gasteiger partial charge in [0, 0.05) is 30.4 Å². The van der Waals surface area contributed by atoms with Crippen molar-refractivity contribution in [2.45, 2.75) is 75.1 Å². The maximum absolute atomic E-state index is 12.1. The lowest BCUT2D eigenvalue weighted by Crippen LogP contribution is -2.36. The Morgan fingerprint density at radius 2 is 1.89 bits per heavy atom. The second-order valence-corrected chi connectivity index (χ2v) is 10.3. The van der Waals surface area contributed by atoms with Gasteiger partial charge < -0.3 is 30.5 Å². The van der Waals surface area contributed by atoms with Crippen LogP contribution < -0.4 is 25.4 Å². The van der Waals surface area contributed by atoms with Crippen molar-refractivity contribution < 1.29 is 33.8 Å². The summed E-state index contributed by atoms with van der Waals surface area (Å²) in [5, 5.41) is 18.2. The molecule has 0 aromatic heterocycles. The number of benzene rings is 1. The van der Waals surface area contributed by atoms with Crippen LogP contribution in [0.4, 0.5) is 4.79 Å². The van der Waals surface area contributed by atoms with Gasteiger partial charge in [-0.15, -0.1) is 0 Å². The van der Waals surface area contributed by atoms with Gasteiger partial charge in [-0.1, -0.05) is 18.9 Å². The molecular weight excluding hydrogens is 486 g/mol. The van der Waals surface area contributed by atoms with E-state index in [1.807, 2.05) is 11.8 Å².